The number of esters is 1. The summed E-state index contributed by atoms with van der Waals surface area (Å²) in [5.74, 6) is -1.06. The topological polar surface area (TPSA) is 76.7 Å². The predicted molar refractivity (Wildman–Crippen MR) is 55.2 cm³/mol. The first-order chi connectivity index (χ1) is 7.54. The highest BCUT2D eigenvalue weighted by Crippen LogP contribution is 2.14. The highest BCUT2D eigenvalue weighted by atomic mass is 16.5. The Bertz CT molecular complexity index is 379. The fourth-order valence-electron chi connectivity index (χ4n) is 1.20. The van der Waals surface area contributed by atoms with Gasteiger partial charge in [0.1, 0.15) is 5.76 Å². The van der Waals surface area contributed by atoms with Crippen LogP contribution in [0.2, 0.25) is 0 Å². The standard InChI is InChI=1S/C11H14O5/c1-7(10(12)13)3-4-8-5-6-9(16-8)11(14)15-2/h5-7H,3-4H2,1-2H3,(H,12,13). The number of carboxylic acids is 1. The van der Waals surface area contributed by atoms with Gasteiger partial charge in [0.15, 0.2) is 0 Å². The summed E-state index contributed by atoms with van der Waals surface area (Å²) in [5, 5.41) is 8.69. The number of carboxylic acid groups (broad SMARTS) is 1. The van der Waals surface area contributed by atoms with Crippen LogP contribution in [0, 0.1) is 5.92 Å². The van der Waals surface area contributed by atoms with Crippen LogP contribution in [0.1, 0.15) is 29.7 Å². The Morgan fingerprint density at radius 3 is 2.75 bits per heavy atom. The van der Waals surface area contributed by atoms with Crippen molar-refractivity contribution in [1.29, 1.82) is 0 Å². The zero-order valence-corrected chi connectivity index (χ0v) is 9.23. The van der Waals surface area contributed by atoms with Gasteiger partial charge < -0.3 is 14.3 Å². The Kier molecular flexibility index (Phi) is 4.10. The SMILES string of the molecule is COC(=O)c1ccc(CCC(C)C(=O)O)o1. The van der Waals surface area contributed by atoms with Crippen molar-refractivity contribution in [2.75, 3.05) is 7.11 Å². The van der Waals surface area contributed by atoms with Crippen molar-refractivity contribution in [3.63, 3.8) is 0 Å². The van der Waals surface area contributed by atoms with Crippen LogP contribution in [0.3, 0.4) is 0 Å². The van der Waals surface area contributed by atoms with E-state index >= 15 is 0 Å². The molecule has 0 bridgehead atoms. The minimum atomic E-state index is -0.834. The first-order valence-corrected chi connectivity index (χ1v) is 4.94. The van der Waals surface area contributed by atoms with Gasteiger partial charge >= 0.3 is 11.9 Å². The Morgan fingerprint density at radius 1 is 1.50 bits per heavy atom. The molecule has 0 spiro atoms. The summed E-state index contributed by atoms with van der Waals surface area (Å²) in [7, 11) is 1.27. The molecule has 1 unspecified atom stereocenters. The maximum absolute atomic E-state index is 11.1. The number of ether oxygens (including phenoxy) is 1. The van der Waals surface area contributed by atoms with Crippen LogP contribution >= 0.6 is 0 Å². The first kappa shape index (κ1) is 12.3. The number of methoxy groups -OCH3 is 1. The molecule has 16 heavy (non-hydrogen) atoms. The van der Waals surface area contributed by atoms with Crippen molar-refractivity contribution in [2.24, 2.45) is 5.92 Å². The van der Waals surface area contributed by atoms with Gasteiger partial charge in [-0.25, -0.2) is 4.79 Å². The van der Waals surface area contributed by atoms with Crippen LogP contribution in [-0.2, 0) is 16.0 Å². The zero-order chi connectivity index (χ0) is 12.1. The normalized spacial score (nSPS) is 12.1. The monoisotopic (exact) mass is 226 g/mol. The first-order valence-electron chi connectivity index (χ1n) is 4.94. The van der Waals surface area contributed by atoms with Gasteiger partial charge in [0.05, 0.1) is 13.0 Å². The predicted octanol–water partition coefficient (Wildman–Crippen LogP) is 1.72. The number of rotatable bonds is 5. The fourth-order valence-corrected chi connectivity index (χ4v) is 1.20. The third-order valence-corrected chi connectivity index (χ3v) is 2.29. The quantitative estimate of drug-likeness (QED) is 0.773. The molecule has 0 aliphatic carbocycles. The second kappa shape index (κ2) is 5.34. The summed E-state index contributed by atoms with van der Waals surface area (Å²) < 4.78 is 9.69. The lowest BCUT2D eigenvalue weighted by Crippen LogP contribution is -2.09. The molecule has 0 aliphatic rings. The molecule has 0 saturated carbocycles. The summed E-state index contributed by atoms with van der Waals surface area (Å²) in [6, 6.07) is 3.17. The molecule has 1 atom stereocenters. The Morgan fingerprint density at radius 2 is 2.19 bits per heavy atom. The van der Waals surface area contributed by atoms with E-state index in [0.717, 1.165) is 0 Å². The van der Waals surface area contributed by atoms with Crippen molar-refractivity contribution < 1.29 is 23.8 Å². The van der Waals surface area contributed by atoms with E-state index in [9.17, 15) is 9.59 Å². The third-order valence-electron chi connectivity index (χ3n) is 2.29. The lowest BCUT2D eigenvalue weighted by Gasteiger charge is -2.03. The molecule has 1 heterocycles. The molecule has 5 heteroatoms. The fraction of sp³-hybridized carbons (Fsp3) is 0.455. The largest absolute Gasteiger partial charge is 0.481 e. The summed E-state index contributed by atoms with van der Waals surface area (Å²) in [6.07, 6.45) is 0.966. The summed E-state index contributed by atoms with van der Waals surface area (Å²) in [4.78, 5) is 21.6. The molecule has 0 amide bonds. The van der Waals surface area contributed by atoms with Crippen molar-refractivity contribution in [2.45, 2.75) is 19.8 Å². The van der Waals surface area contributed by atoms with Gasteiger partial charge in [-0.3, -0.25) is 4.79 Å². The number of aliphatic carboxylic acids is 1. The van der Waals surface area contributed by atoms with Crippen molar-refractivity contribution in [3.8, 4) is 0 Å². The molecule has 0 saturated heterocycles. The number of hydrogen-bond donors (Lipinski definition) is 1. The van der Waals surface area contributed by atoms with Crippen molar-refractivity contribution in [1.82, 2.24) is 0 Å². The van der Waals surface area contributed by atoms with Crippen LogP contribution in [0.4, 0.5) is 0 Å². The van der Waals surface area contributed by atoms with Gasteiger partial charge in [0.2, 0.25) is 5.76 Å². The third kappa shape index (κ3) is 3.12. The molecule has 5 nitrogen and oxygen atoms in total. The van der Waals surface area contributed by atoms with Gasteiger partial charge in [0.25, 0.3) is 0 Å². The Labute approximate surface area is 93.0 Å². The lowest BCUT2D eigenvalue weighted by atomic mass is 10.1. The minimum absolute atomic E-state index is 0.139. The molecule has 1 aromatic rings. The van der Waals surface area contributed by atoms with Gasteiger partial charge in [-0.1, -0.05) is 6.92 Å². The molecule has 0 aliphatic heterocycles. The molecular formula is C11H14O5. The Balaban J connectivity index is 2.53. The van der Waals surface area contributed by atoms with E-state index in [2.05, 4.69) is 4.74 Å². The maximum atomic E-state index is 11.1. The zero-order valence-electron chi connectivity index (χ0n) is 9.23. The number of aryl methyl sites for hydroxylation is 1. The summed E-state index contributed by atoms with van der Waals surface area (Å²) >= 11 is 0. The van der Waals surface area contributed by atoms with Crippen LogP contribution in [0.15, 0.2) is 16.5 Å². The molecule has 0 radical (unpaired) electrons. The molecular weight excluding hydrogens is 212 g/mol. The van der Waals surface area contributed by atoms with Gasteiger partial charge in [0, 0.05) is 6.42 Å². The summed E-state index contributed by atoms with van der Waals surface area (Å²) in [5.41, 5.74) is 0. The van der Waals surface area contributed by atoms with E-state index in [4.69, 9.17) is 9.52 Å². The summed E-state index contributed by atoms with van der Waals surface area (Å²) in [6.45, 7) is 1.63. The smallest absolute Gasteiger partial charge is 0.373 e. The van der Waals surface area contributed by atoms with E-state index in [-0.39, 0.29) is 5.76 Å². The molecule has 0 aromatic carbocycles. The van der Waals surface area contributed by atoms with Gasteiger partial charge in [-0.15, -0.1) is 0 Å². The molecule has 1 aromatic heterocycles. The number of carbonyl (C=O) groups is 2. The molecule has 1 N–H and O–H groups in total. The second-order valence-electron chi connectivity index (χ2n) is 3.54. The van der Waals surface area contributed by atoms with Crippen LogP contribution in [-0.4, -0.2) is 24.2 Å². The van der Waals surface area contributed by atoms with Crippen LogP contribution < -0.4 is 0 Å². The highest BCUT2D eigenvalue weighted by Gasteiger charge is 2.14. The lowest BCUT2D eigenvalue weighted by molar-refractivity contribution is -0.141. The van der Waals surface area contributed by atoms with E-state index in [0.29, 0.717) is 18.6 Å². The van der Waals surface area contributed by atoms with Crippen LogP contribution in [0.25, 0.3) is 0 Å². The van der Waals surface area contributed by atoms with Crippen molar-refractivity contribution >= 4 is 11.9 Å². The van der Waals surface area contributed by atoms with E-state index in [1.807, 2.05) is 0 Å². The highest BCUT2D eigenvalue weighted by molar-refractivity contribution is 5.86. The molecule has 1 rings (SSSR count). The van der Waals surface area contributed by atoms with Crippen molar-refractivity contribution in [3.05, 3.63) is 23.7 Å². The van der Waals surface area contributed by atoms with E-state index in [1.54, 1.807) is 13.0 Å². The van der Waals surface area contributed by atoms with Crippen LogP contribution in [0.5, 0.6) is 0 Å². The molecule has 88 valence electrons. The Hall–Kier alpha value is -1.78. The maximum Gasteiger partial charge on any atom is 0.373 e. The van der Waals surface area contributed by atoms with E-state index in [1.165, 1.54) is 13.2 Å². The minimum Gasteiger partial charge on any atom is -0.481 e. The number of carbonyl (C=O) groups excluding carboxylic acids is 1. The number of hydrogen-bond acceptors (Lipinski definition) is 4. The van der Waals surface area contributed by atoms with Gasteiger partial charge in [-0.2, -0.15) is 0 Å². The average Bonchev–Trinajstić information content (AvgIpc) is 2.73. The van der Waals surface area contributed by atoms with E-state index < -0.39 is 17.9 Å². The molecule has 0 fully saturated rings. The van der Waals surface area contributed by atoms with Gasteiger partial charge in [-0.05, 0) is 18.6 Å². The average molecular weight is 226 g/mol. The second-order valence-corrected chi connectivity index (χ2v) is 3.54. The number of furan rings is 1.